The summed E-state index contributed by atoms with van der Waals surface area (Å²) in [5, 5.41) is 9.64. The number of amides is 1. The van der Waals surface area contributed by atoms with Crippen molar-refractivity contribution in [3.8, 4) is 0 Å². The van der Waals surface area contributed by atoms with Gasteiger partial charge in [-0.05, 0) is 26.7 Å². The van der Waals surface area contributed by atoms with Crippen molar-refractivity contribution in [3.05, 3.63) is 0 Å². The number of hydrogen-bond acceptors (Lipinski definition) is 4. The second-order valence-electron chi connectivity index (χ2n) is 6.94. The largest absolute Gasteiger partial charge is 0.379 e. The highest BCUT2D eigenvalue weighted by atomic mass is 127. The molecule has 2 rings (SSSR count). The van der Waals surface area contributed by atoms with Crippen LogP contribution in [0, 0.1) is 0 Å². The average Bonchev–Trinajstić information content (AvgIpc) is 3.13. The number of guanidine groups is 1. The normalized spacial score (nSPS) is 20.3. The topological polar surface area (TPSA) is 78.0 Å². The van der Waals surface area contributed by atoms with Gasteiger partial charge in [-0.3, -0.25) is 14.7 Å². The lowest BCUT2D eigenvalue weighted by molar-refractivity contribution is -0.121. The predicted octanol–water partition coefficient (Wildman–Crippen LogP) is 1.33. The lowest BCUT2D eigenvalue weighted by atomic mass is 10.2. The van der Waals surface area contributed by atoms with E-state index in [1.165, 1.54) is 12.8 Å². The maximum atomic E-state index is 12.0. The van der Waals surface area contributed by atoms with E-state index >= 15 is 0 Å². The van der Waals surface area contributed by atoms with E-state index in [0.29, 0.717) is 25.0 Å². The molecular weight excluding hydrogens is 445 g/mol. The molecule has 2 fully saturated rings. The molecule has 2 aliphatic rings. The highest BCUT2D eigenvalue weighted by molar-refractivity contribution is 14.0. The first kappa shape index (κ1) is 23.4. The monoisotopic (exact) mass is 481 g/mol. The van der Waals surface area contributed by atoms with Crippen LogP contribution in [0.1, 0.15) is 46.0 Å². The first-order chi connectivity index (χ1) is 12.2. The van der Waals surface area contributed by atoms with Gasteiger partial charge < -0.3 is 20.7 Å². The van der Waals surface area contributed by atoms with Crippen molar-refractivity contribution in [2.75, 3.05) is 45.9 Å². The molecule has 0 radical (unpaired) electrons. The molecule has 26 heavy (non-hydrogen) atoms. The number of ether oxygens (including phenoxy) is 1. The van der Waals surface area contributed by atoms with Gasteiger partial charge in [0, 0.05) is 44.7 Å². The van der Waals surface area contributed by atoms with Gasteiger partial charge in [0.15, 0.2) is 5.96 Å². The number of carbonyl (C=O) groups excluding carboxylic acids is 1. The molecule has 0 aromatic heterocycles. The molecule has 1 aliphatic heterocycles. The minimum atomic E-state index is 0. The molecule has 1 saturated heterocycles. The van der Waals surface area contributed by atoms with E-state index in [4.69, 9.17) is 4.74 Å². The molecule has 1 heterocycles. The van der Waals surface area contributed by atoms with Crippen molar-refractivity contribution < 1.29 is 9.53 Å². The van der Waals surface area contributed by atoms with Crippen molar-refractivity contribution >= 4 is 35.8 Å². The van der Waals surface area contributed by atoms with E-state index in [9.17, 15) is 4.79 Å². The summed E-state index contributed by atoms with van der Waals surface area (Å²) in [6.07, 6.45) is 5.22. The summed E-state index contributed by atoms with van der Waals surface area (Å²) in [5.41, 5.74) is 0. The summed E-state index contributed by atoms with van der Waals surface area (Å²) in [5.74, 6) is 0.924. The molecule has 1 amide bonds. The lowest BCUT2D eigenvalue weighted by Gasteiger charge is -2.31. The maximum Gasteiger partial charge on any atom is 0.221 e. The van der Waals surface area contributed by atoms with Crippen LogP contribution in [0.15, 0.2) is 4.99 Å². The fourth-order valence-corrected chi connectivity index (χ4v) is 3.36. The van der Waals surface area contributed by atoms with Crippen LogP contribution in [0.3, 0.4) is 0 Å². The summed E-state index contributed by atoms with van der Waals surface area (Å²) >= 11 is 0. The van der Waals surface area contributed by atoms with Crippen LogP contribution in [-0.2, 0) is 9.53 Å². The Labute approximate surface area is 175 Å². The highest BCUT2D eigenvalue weighted by Gasteiger charge is 2.18. The minimum absolute atomic E-state index is 0. The zero-order valence-corrected chi connectivity index (χ0v) is 18.6. The molecule has 0 aromatic carbocycles. The summed E-state index contributed by atoms with van der Waals surface area (Å²) in [6, 6.07) is 0.786. The third-order valence-electron chi connectivity index (χ3n) is 4.89. The molecule has 1 unspecified atom stereocenters. The Morgan fingerprint density at radius 3 is 2.58 bits per heavy atom. The van der Waals surface area contributed by atoms with Gasteiger partial charge in [-0.2, -0.15) is 0 Å². The summed E-state index contributed by atoms with van der Waals surface area (Å²) in [7, 11) is 0. The first-order valence-corrected chi connectivity index (χ1v) is 9.82. The van der Waals surface area contributed by atoms with Crippen LogP contribution in [0.25, 0.3) is 0 Å². The number of carbonyl (C=O) groups is 1. The van der Waals surface area contributed by atoms with Crippen LogP contribution in [0.2, 0.25) is 0 Å². The predicted molar refractivity (Wildman–Crippen MR) is 116 cm³/mol. The molecule has 1 atom stereocenters. The third kappa shape index (κ3) is 8.85. The zero-order chi connectivity index (χ0) is 17.9. The molecule has 3 N–H and O–H groups in total. The molecular formula is C18H36IN5O2. The number of halogens is 1. The number of aliphatic imine (C=N–C) groups is 1. The molecule has 1 aliphatic carbocycles. The Balaban J connectivity index is 0.00000338. The Bertz CT molecular complexity index is 424. The quantitative estimate of drug-likeness (QED) is 0.277. The van der Waals surface area contributed by atoms with Crippen LogP contribution >= 0.6 is 24.0 Å². The molecule has 7 nitrogen and oxygen atoms in total. The molecule has 0 spiro atoms. The van der Waals surface area contributed by atoms with Gasteiger partial charge in [0.2, 0.25) is 5.91 Å². The fraction of sp³-hybridized carbons (Fsp3) is 0.889. The second-order valence-corrected chi connectivity index (χ2v) is 6.94. The van der Waals surface area contributed by atoms with Gasteiger partial charge in [-0.25, -0.2) is 0 Å². The Hall–Kier alpha value is -0.610. The molecule has 1 saturated carbocycles. The van der Waals surface area contributed by atoms with Gasteiger partial charge in [0.05, 0.1) is 19.8 Å². The first-order valence-electron chi connectivity index (χ1n) is 9.82. The number of nitrogens with zero attached hydrogens (tertiary/aromatic N) is 2. The average molecular weight is 481 g/mol. The summed E-state index contributed by atoms with van der Waals surface area (Å²) in [6.45, 7) is 9.98. The number of hydrogen-bond donors (Lipinski definition) is 3. The highest BCUT2D eigenvalue weighted by Crippen LogP contribution is 2.17. The van der Waals surface area contributed by atoms with Gasteiger partial charge in [0.1, 0.15) is 0 Å². The number of nitrogens with one attached hydrogen (secondary N) is 3. The zero-order valence-electron chi connectivity index (χ0n) is 16.3. The van der Waals surface area contributed by atoms with Crippen molar-refractivity contribution in [2.24, 2.45) is 4.99 Å². The third-order valence-corrected chi connectivity index (χ3v) is 4.89. The van der Waals surface area contributed by atoms with Crippen molar-refractivity contribution in [1.82, 2.24) is 20.9 Å². The van der Waals surface area contributed by atoms with E-state index < -0.39 is 0 Å². The SMILES string of the molecule is CCNC(=NCC(C)N1CCOCC1)NCCC(=O)NC1CCCC1.I. The molecule has 8 heteroatoms. The van der Waals surface area contributed by atoms with Gasteiger partial charge in [0.25, 0.3) is 0 Å². The van der Waals surface area contributed by atoms with Crippen LogP contribution < -0.4 is 16.0 Å². The Morgan fingerprint density at radius 1 is 1.23 bits per heavy atom. The molecule has 0 aromatic rings. The van der Waals surface area contributed by atoms with E-state index in [2.05, 4.69) is 39.7 Å². The standard InChI is InChI=1S/C18H35N5O2.HI/c1-3-19-18(21-14-15(2)23-10-12-25-13-11-23)20-9-8-17(24)22-16-6-4-5-7-16;/h15-16H,3-14H2,1-2H3,(H,22,24)(H2,19,20,21);1H. The fourth-order valence-electron chi connectivity index (χ4n) is 3.36. The Kier molecular flexibility index (Phi) is 12.2. The summed E-state index contributed by atoms with van der Waals surface area (Å²) in [4.78, 5) is 19.1. The van der Waals surface area contributed by atoms with Gasteiger partial charge in [-0.1, -0.05) is 12.8 Å². The summed E-state index contributed by atoms with van der Waals surface area (Å²) < 4.78 is 5.40. The smallest absolute Gasteiger partial charge is 0.221 e. The minimum Gasteiger partial charge on any atom is -0.379 e. The Morgan fingerprint density at radius 2 is 1.92 bits per heavy atom. The number of rotatable bonds is 8. The number of morpholine rings is 1. The van der Waals surface area contributed by atoms with Crippen LogP contribution in [0.4, 0.5) is 0 Å². The molecule has 0 bridgehead atoms. The second kappa shape index (κ2) is 13.5. The maximum absolute atomic E-state index is 12.0. The van der Waals surface area contributed by atoms with Crippen molar-refractivity contribution in [3.63, 3.8) is 0 Å². The van der Waals surface area contributed by atoms with Gasteiger partial charge >= 0.3 is 0 Å². The van der Waals surface area contributed by atoms with E-state index in [-0.39, 0.29) is 29.9 Å². The van der Waals surface area contributed by atoms with Crippen LogP contribution in [0.5, 0.6) is 0 Å². The van der Waals surface area contributed by atoms with Crippen LogP contribution in [-0.4, -0.2) is 74.8 Å². The lowest BCUT2D eigenvalue weighted by Crippen LogP contribution is -2.45. The van der Waals surface area contributed by atoms with E-state index in [1.54, 1.807) is 0 Å². The van der Waals surface area contributed by atoms with Crippen molar-refractivity contribution in [2.45, 2.75) is 58.0 Å². The molecule has 152 valence electrons. The van der Waals surface area contributed by atoms with Crippen molar-refractivity contribution in [1.29, 1.82) is 0 Å². The van der Waals surface area contributed by atoms with E-state index in [0.717, 1.165) is 58.2 Å². The van der Waals surface area contributed by atoms with E-state index in [1.807, 2.05) is 0 Å². The van der Waals surface area contributed by atoms with Gasteiger partial charge in [-0.15, -0.1) is 24.0 Å².